The molecule has 3 amide bonds. The molecule has 2 aliphatic heterocycles. The number of urea groups is 1. The zero-order valence-electron chi connectivity index (χ0n) is 21.8. The van der Waals surface area contributed by atoms with E-state index in [1.165, 1.54) is 12.3 Å². The number of hydrogen-bond acceptors (Lipinski definition) is 6. The zero-order chi connectivity index (χ0) is 26.5. The first-order valence-electron chi connectivity index (χ1n) is 12.5. The summed E-state index contributed by atoms with van der Waals surface area (Å²) >= 11 is 0. The molecule has 0 radical (unpaired) electrons. The lowest BCUT2D eigenvalue weighted by Crippen LogP contribution is -2.55. The number of nitrogens with one attached hydrogen (secondary N) is 1. The second-order valence-electron chi connectivity index (χ2n) is 10.6. The fraction of sp³-hybridized carbons (Fsp3) is 0.462. The first kappa shape index (κ1) is 24.8. The largest absolute Gasteiger partial charge is 0.444 e. The van der Waals surface area contributed by atoms with Gasteiger partial charge >= 0.3 is 12.1 Å². The molecule has 0 unspecified atom stereocenters. The van der Waals surface area contributed by atoms with E-state index in [-0.39, 0.29) is 17.8 Å². The van der Waals surface area contributed by atoms with E-state index in [1.54, 1.807) is 26.6 Å². The molecule has 0 spiro atoms. The number of piperazine rings is 1. The Morgan fingerprint density at radius 3 is 2.70 bits per heavy atom. The number of ether oxygens (including phenoxy) is 1. The van der Waals surface area contributed by atoms with Gasteiger partial charge in [0.05, 0.1) is 11.4 Å². The Labute approximate surface area is 215 Å². The van der Waals surface area contributed by atoms with Crippen molar-refractivity contribution in [3.63, 3.8) is 0 Å². The van der Waals surface area contributed by atoms with Crippen LogP contribution in [0.2, 0.25) is 0 Å². The van der Waals surface area contributed by atoms with E-state index in [0.29, 0.717) is 44.1 Å². The van der Waals surface area contributed by atoms with Gasteiger partial charge in [-0.05, 0) is 47.1 Å². The summed E-state index contributed by atoms with van der Waals surface area (Å²) in [5, 5.41) is 2.69. The van der Waals surface area contributed by atoms with Gasteiger partial charge in [0.2, 0.25) is 0 Å². The summed E-state index contributed by atoms with van der Waals surface area (Å²) in [4.78, 5) is 40.0. The molecular weight excluding hydrogens is 477 g/mol. The summed E-state index contributed by atoms with van der Waals surface area (Å²) in [6.07, 6.45) is 5.31. The van der Waals surface area contributed by atoms with Crippen molar-refractivity contribution >= 4 is 35.0 Å². The SMILES string of the molecule is Cc1cn2cc(NC(=O)N3CCc4c(N5CCN(C(=O)OC(C)(C)C)[C@@H](C)C5)ccnc43)c(F)cc2n1. The number of fused-ring (bicyclic) bond motifs is 2. The summed E-state index contributed by atoms with van der Waals surface area (Å²) < 4.78 is 21.9. The van der Waals surface area contributed by atoms with Gasteiger partial charge in [-0.15, -0.1) is 0 Å². The Kier molecular flexibility index (Phi) is 6.17. The molecule has 0 aliphatic carbocycles. The molecule has 1 N–H and O–H groups in total. The van der Waals surface area contributed by atoms with E-state index in [9.17, 15) is 14.0 Å². The van der Waals surface area contributed by atoms with Crippen LogP contribution in [0.15, 0.2) is 30.7 Å². The van der Waals surface area contributed by atoms with Gasteiger partial charge in [0.25, 0.3) is 0 Å². The highest BCUT2D eigenvalue weighted by Crippen LogP contribution is 2.35. The van der Waals surface area contributed by atoms with E-state index in [0.717, 1.165) is 16.9 Å². The number of carbonyl (C=O) groups is 2. The third kappa shape index (κ3) is 4.90. The quantitative estimate of drug-likeness (QED) is 0.556. The van der Waals surface area contributed by atoms with Gasteiger partial charge in [0.15, 0.2) is 5.82 Å². The summed E-state index contributed by atoms with van der Waals surface area (Å²) in [6.45, 7) is 11.7. The van der Waals surface area contributed by atoms with Crippen molar-refractivity contribution in [2.24, 2.45) is 0 Å². The Balaban J connectivity index is 1.31. The number of aromatic nitrogens is 3. The third-order valence-corrected chi connectivity index (χ3v) is 6.60. The minimum Gasteiger partial charge on any atom is -0.444 e. The molecule has 3 aromatic heterocycles. The van der Waals surface area contributed by atoms with Crippen molar-refractivity contribution in [3.8, 4) is 0 Å². The normalized spacial score (nSPS) is 17.8. The van der Waals surface area contributed by atoms with Crippen LogP contribution >= 0.6 is 0 Å². The minimum atomic E-state index is -0.551. The van der Waals surface area contributed by atoms with Gasteiger partial charge < -0.3 is 24.3 Å². The van der Waals surface area contributed by atoms with Crippen LogP contribution in [0.25, 0.3) is 5.65 Å². The molecule has 11 heteroatoms. The first-order chi connectivity index (χ1) is 17.5. The van der Waals surface area contributed by atoms with Gasteiger partial charge in [-0.1, -0.05) is 0 Å². The summed E-state index contributed by atoms with van der Waals surface area (Å²) in [7, 11) is 0. The van der Waals surface area contributed by atoms with Crippen molar-refractivity contribution < 1.29 is 18.7 Å². The highest BCUT2D eigenvalue weighted by molar-refractivity contribution is 6.03. The number of anilines is 3. The van der Waals surface area contributed by atoms with Crippen molar-refractivity contribution in [2.75, 3.05) is 41.3 Å². The Morgan fingerprint density at radius 1 is 1.19 bits per heavy atom. The number of hydrogen-bond donors (Lipinski definition) is 1. The van der Waals surface area contributed by atoms with E-state index >= 15 is 0 Å². The van der Waals surface area contributed by atoms with E-state index < -0.39 is 17.4 Å². The third-order valence-electron chi connectivity index (χ3n) is 6.60. The molecule has 0 aromatic carbocycles. The van der Waals surface area contributed by atoms with Gasteiger partial charge in [-0.3, -0.25) is 4.90 Å². The number of carbonyl (C=O) groups excluding carboxylic acids is 2. The monoisotopic (exact) mass is 509 g/mol. The molecule has 0 bridgehead atoms. The van der Waals surface area contributed by atoms with Crippen molar-refractivity contribution in [2.45, 2.75) is 52.7 Å². The molecule has 3 aromatic rings. The van der Waals surface area contributed by atoms with Crippen LogP contribution in [0.5, 0.6) is 0 Å². The Bertz CT molecular complexity index is 1370. The first-order valence-corrected chi connectivity index (χ1v) is 12.5. The lowest BCUT2D eigenvalue weighted by Gasteiger charge is -2.41. The molecule has 196 valence electrons. The highest BCUT2D eigenvalue weighted by atomic mass is 19.1. The van der Waals surface area contributed by atoms with Crippen molar-refractivity contribution in [3.05, 3.63) is 47.8 Å². The van der Waals surface area contributed by atoms with Crippen molar-refractivity contribution in [1.82, 2.24) is 19.3 Å². The average Bonchev–Trinajstić information content (AvgIpc) is 3.40. The van der Waals surface area contributed by atoms with E-state index in [2.05, 4.69) is 20.2 Å². The Morgan fingerprint density at radius 2 is 1.97 bits per heavy atom. The topological polar surface area (TPSA) is 95.3 Å². The second-order valence-corrected chi connectivity index (χ2v) is 10.6. The molecule has 37 heavy (non-hydrogen) atoms. The molecule has 5 rings (SSSR count). The van der Waals surface area contributed by atoms with Crippen LogP contribution in [0.1, 0.15) is 39.0 Å². The van der Waals surface area contributed by atoms with Gasteiger partial charge in [0, 0.05) is 68.1 Å². The number of amides is 3. The maximum absolute atomic E-state index is 14.6. The molecule has 0 saturated carbocycles. The lowest BCUT2D eigenvalue weighted by atomic mass is 10.1. The van der Waals surface area contributed by atoms with Crippen LogP contribution in [0.3, 0.4) is 0 Å². The summed E-state index contributed by atoms with van der Waals surface area (Å²) in [5.41, 5.74) is 2.73. The van der Waals surface area contributed by atoms with Gasteiger partial charge in [-0.25, -0.2) is 23.9 Å². The Hall–Kier alpha value is -3.89. The molecule has 1 fully saturated rings. The van der Waals surface area contributed by atoms with Crippen molar-refractivity contribution in [1.29, 1.82) is 0 Å². The van der Waals surface area contributed by atoms with Gasteiger partial charge in [-0.2, -0.15) is 0 Å². The van der Waals surface area contributed by atoms with E-state index in [1.807, 2.05) is 40.7 Å². The summed E-state index contributed by atoms with van der Waals surface area (Å²) in [5.74, 6) is 0.0154. The number of nitrogens with zero attached hydrogens (tertiary/aromatic N) is 6. The number of rotatable bonds is 2. The fourth-order valence-electron chi connectivity index (χ4n) is 4.95. The maximum Gasteiger partial charge on any atom is 0.410 e. The van der Waals surface area contributed by atoms with Crippen LogP contribution in [-0.4, -0.2) is 69.2 Å². The van der Waals surface area contributed by atoms with Crippen LogP contribution in [0, 0.1) is 12.7 Å². The predicted molar refractivity (Wildman–Crippen MR) is 139 cm³/mol. The maximum atomic E-state index is 14.6. The number of aryl methyl sites for hydroxylation is 1. The van der Waals surface area contributed by atoms with Crippen LogP contribution < -0.4 is 15.1 Å². The number of pyridine rings is 2. The smallest absolute Gasteiger partial charge is 0.410 e. The number of halogens is 1. The van der Waals surface area contributed by atoms with Gasteiger partial charge in [0.1, 0.15) is 17.1 Å². The predicted octanol–water partition coefficient (Wildman–Crippen LogP) is 4.22. The molecule has 1 atom stereocenters. The van der Waals surface area contributed by atoms with Crippen LogP contribution in [-0.2, 0) is 11.2 Å². The second kappa shape index (κ2) is 9.20. The minimum absolute atomic E-state index is 0.0436. The standard InChI is InChI=1S/C26H32FN7O3/c1-16-13-32-15-20(19(27)12-22(32)29-16)30-24(35)34-9-7-18-21(6-8-28-23(18)34)31-10-11-33(17(2)14-31)25(36)37-26(3,4)5/h6,8,12-13,15,17H,7,9-11,14H2,1-5H3,(H,30,35)/t17-/m0/s1. The molecule has 2 aliphatic rings. The molecule has 10 nitrogen and oxygen atoms in total. The lowest BCUT2D eigenvalue weighted by molar-refractivity contribution is 0.0159. The molecular formula is C26H32FN7O3. The van der Waals surface area contributed by atoms with E-state index in [4.69, 9.17) is 4.74 Å². The molecule has 5 heterocycles. The number of imidazole rings is 1. The zero-order valence-corrected chi connectivity index (χ0v) is 21.8. The van der Waals surface area contributed by atoms with Crippen LogP contribution in [0.4, 0.5) is 31.2 Å². The highest BCUT2D eigenvalue weighted by Gasteiger charge is 2.34. The summed E-state index contributed by atoms with van der Waals surface area (Å²) in [6, 6.07) is 2.76. The fourth-order valence-corrected chi connectivity index (χ4v) is 4.95. The molecule has 1 saturated heterocycles. The average molecular weight is 510 g/mol.